The molecule has 2 rings (SSSR count). The third kappa shape index (κ3) is 2.08. The zero-order chi connectivity index (χ0) is 13.3. The van der Waals surface area contributed by atoms with E-state index >= 15 is 0 Å². The van der Waals surface area contributed by atoms with Crippen molar-refractivity contribution in [3.63, 3.8) is 0 Å². The number of aliphatic carboxylic acids is 1. The highest BCUT2D eigenvalue weighted by Crippen LogP contribution is 2.29. The second kappa shape index (κ2) is 4.76. The molecule has 0 saturated heterocycles. The Morgan fingerprint density at radius 1 is 1.11 bits per heavy atom. The van der Waals surface area contributed by atoms with Crippen LogP contribution in [0.3, 0.4) is 0 Å². The van der Waals surface area contributed by atoms with Crippen LogP contribution in [0, 0.1) is 6.92 Å². The lowest BCUT2D eigenvalue weighted by atomic mass is 9.93. The van der Waals surface area contributed by atoms with Gasteiger partial charge in [-0.1, -0.05) is 36.4 Å². The molecule has 18 heavy (non-hydrogen) atoms. The van der Waals surface area contributed by atoms with Gasteiger partial charge in [-0.2, -0.15) is 0 Å². The molecule has 0 saturated carbocycles. The number of rotatable bonds is 3. The van der Waals surface area contributed by atoms with Crippen LogP contribution < -0.4 is 0 Å². The number of hydrogen-bond donors (Lipinski definition) is 3. The van der Waals surface area contributed by atoms with Crippen LogP contribution in [0.5, 0.6) is 0 Å². The Morgan fingerprint density at radius 2 is 1.78 bits per heavy atom. The van der Waals surface area contributed by atoms with E-state index in [4.69, 9.17) is 5.11 Å². The van der Waals surface area contributed by atoms with E-state index in [1.165, 1.54) is 0 Å². The molecular formula is C14H14O4. The number of carbonyl (C=O) groups is 1. The van der Waals surface area contributed by atoms with Gasteiger partial charge < -0.3 is 15.3 Å². The fourth-order valence-corrected chi connectivity index (χ4v) is 2.09. The van der Waals surface area contributed by atoms with Gasteiger partial charge in [0.2, 0.25) is 0 Å². The van der Waals surface area contributed by atoms with E-state index in [2.05, 4.69) is 0 Å². The first-order valence-electron chi connectivity index (χ1n) is 5.59. The molecule has 0 aromatic heterocycles. The minimum absolute atomic E-state index is 0.461. The molecule has 0 spiro atoms. The van der Waals surface area contributed by atoms with E-state index in [9.17, 15) is 15.0 Å². The second-order valence-electron chi connectivity index (χ2n) is 4.25. The maximum Gasteiger partial charge on any atom is 0.335 e. The molecule has 2 atom stereocenters. The maximum atomic E-state index is 10.8. The summed E-state index contributed by atoms with van der Waals surface area (Å²) < 4.78 is 0. The summed E-state index contributed by atoms with van der Waals surface area (Å²) in [5.74, 6) is -1.44. The van der Waals surface area contributed by atoms with Crippen molar-refractivity contribution in [2.75, 3.05) is 0 Å². The number of carboxylic acid groups (broad SMARTS) is 1. The van der Waals surface area contributed by atoms with Crippen molar-refractivity contribution in [2.24, 2.45) is 0 Å². The monoisotopic (exact) mass is 246 g/mol. The average Bonchev–Trinajstić information content (AvgIpc) is 2.37. The normalized spacial score (nSPS) is 14.4. The quantitative estimate of drug-likeness (QED) is 0.769. The lowest BCUT2D eigenvalue weighted by Gasteiger charge is -2.19. The lowest BCUT2D eigenvalue weighted by Crippen LogP contribution is -2.28. The number of benzene rings is 2. The molecule has 4 nitrogen and oxygen atoms in total. The number of fused-ring (bicyclic) bond motifs is 1. The Bertz CT molecular complexity index is 591. The summed E-state index contributed by atoms with van der Waals surface area (Å²) in [5.41, 5.74) is 1.21. The summed E-state index contributed by atoms with van der Waals surface area (Å²) in [5, 5.41) is 29.9. The Balaban J connectivity index is 2.62. The first-order valence-corrected chi connectivity index (χ1v) is 5.59. The summed E-state index contributed by atoms with van der Waals surface area (Å²) in [6, 6.07) is 11.0. The fourth-order valence-electron chi connectivity index (χ4n) is 2.09. The van der Waals surface area contributed by atoms with Crippen LogP contribution in [0.2, 0.25) is 0 Å². The Labute approximate surface area is 104 Å². The number of carboxylic acids is 1. The van der Waals surface area contributed by atoms with Gasteiger partial charge in [0.1, 0.15) is 6.10 Å². The van der Waals surface area contributed by atoms with E-state index in [-0.39, 0.29) is 0 Å². The van der Waals surface area contributed by atoms with Crippen molar-refractivity contribution in [1.29, 1.82) is 0 Å². The van der Waals surface area contributed by atoms with Crippen LogP contribution in [0.1, 0.15) is 17.2 Å². The van der Waals surface area contributed by atoms with Crippen molar-refractivity contribution in [2.45, 2.75) is 19.1 Å². The largest absolute Gasteiger partial charge is 0.479 e. The molecule has 2 aromatic carbocycles. The van der Waals surface area contributed by atoms with Gasteiger partial charge in [-0.25, -0.2) is 4.79 Å². The van der Waals surface area contributed by atoms with Crippen LogP contribution in [0.15, 0.2) is 36.4 Å². The molecule has 0 aliphatic heterocycles. The SMILES string of the molecule is Cc1ccc2ccccc2c1C(O)C(O)C(=O)O. The third-order valence-corrected chi connectivity index (χ3v) is 3.04. The Morgan fingerprint density at radius 3 is 2.44 bits per heavy atom. The Kier molecular flexibility index (Phi) is 3.32. The van der Waals surface area contributed by atoms with E-state index in [1.807, 2.05) is 24.3 Å². The first kappa shape index (κ1) is 12.5. The van der Waals surface area contributed by atoms with Gasteiger partial charge >= 0.3 is 5.97 Å². The lowest BCUT2D eigenvalue weighted by molar-refractivity contribution is -0.153. The zero-order valence-electron chi connectivity index (χ0n) is 9.87. The van der Waals surface area contributed by atoms with Crippen molar-refractivity contribution >= 4 is 16.7 Å². The standard InChI is InChI=1S/C14H14O4/c1-8-6-7-9-4-2-3-5-10(9)11(8)12(15)13(16)14(17)18/h2-7,12-13,15-16H,1H3,(H,17,18). The van der Waals surface area contributed by atoms with Crippen molar-refractivity contribution in [1.82, 2.24) is 0 Å². The molecule has 0 amide bonds. The molecule has 0 bridgehead atoms. The molecule has 2 aromatic rings. The summed E-state index contributed by atoms with van der Waals surface area (Å²) in [6.07, 6.45) is -3.26. The Hall–Kier alpha value is -1.91. The topological polar surface area (TPSA) is 77.8 Å². The van der Waals surface area contributed by atoms with Gasteiger partial charge in [0.15, 0.2) is 6.10 Å². The van der Waals surface area contributed by atoms with Crippen molar-refractivity contribution < 1.29 is 20.1 Å². The minimum Gasteiger partial charge on any atom is -0.479 e. The summed E-state index contributed by atoms with van der Waals surface area (Å²) >= 11 is 0. The average molecular weight is 246 g/mol. The van der Waals surface area contributed by atoms with Gasteiger partial charge in [-0.15, -0.1) is 0 Å². The summed E-state index contributed by atoms with van der Waals surface area (Å²) in [4.78, 5) is 10.8. The molecule has 0 aliphatic carbocycles. The molecule has 4 heteroatoms. The van der Waals surface area contributed by atoms with E-state index in [0.717, 1.165) is 16.3 Å². The van der Waals surface area contributed by atoms with E-state index < -0.39 is 18.2 Å². The molecule has 0 aliphatic rings. The smallest absolute Gasteiger partial charge is 0.335 e. The van der Waals surface area contributed by atoms with Crippen LogP contribution in [-0.2, 0) is 4.79 Å². The highest BCUT2D eigenvalue weighted by Gasteiger charge is 2.27. The number of aliphatic hydroxyl groups is 2. The van der Waals surface area contributed by atoms with Crippen LogP contribution in [-0.4, -0.2) is 27.4 Å². The summed E-state index contributed by atoms with van der Waals surface area (Å²) in [6.45, 7) is 1.78. The summed E-state index contributed by atoms with van der Waals surface area (Å²) in [7, 11) is 0. The number of aryl methyl sites for hydroxylation is 1. The molecular weight excluding hydrogens is 232 g/mol. The predicted molar refractivity (Wildman–Crippen MR) is 67.3 cm³/mol. The van der Waals surface area contributed by atoms with E-state index in [1.54, 1.807) is 19.1 Å². The van der Waals surface area contributed by atoms with E-state index in [0.29, 0.717) is 5.56 Å². The van der Waals surface area contributed by atoms with Crippen molar-refractivity contribution in [3.05, 3.63) is 47.5 Å². The van der Waals surface area contributed by atoms with Crippen LogP contribution in [0.25, 0.3) is 10.8 Å². The minimum atomic E-state index is -1.82. The van der Waals surface area contributed by atoms with Crippen LogP contribution in [0.4, 0.5) is 0 Å². The molecule has 2 unspecified atom stereocenters. The molecule has 3 N–H and O–H groups in total. The molecule has 0 heterocycles. The number of aliphatic hydroxyl groups excluding tert-OH is 2. The van der Waals surface area contributed by atoms with Gasteiger partial charge in [0, 0.05) is 0 Å². The van der Waals surface area contributed by atoms with Gasteiger partial charge in [-0.3, -0.25) is 0 Å². The number of hydrogen-bond acceptors (Lipinski definition) is 3. The highest BCUT2D eigenvalue weighted by molar-refractivity contribution is 5.88. The molecule has 94 valence electrons. The van der Waals surface area contributed by atoms with Gasteiger partial charge in [-0.05, 0) is 28.8 Å². The highest BCUT2D eigenvalue weighted by atomic mass is 16.4. The van der Waals surface area contributed by atoms with Gasteiger partial charge in [0.05, 0.1) is 0 Å². The fraction of sp³-hybridized carbons (Fsp3) is 0.214. The van der Waals surface area contributed by atoms with Gasteiger partial charge in [0.25, 0.3) is 0 Å². The first-order chi connectivity index (χ1) is 8.52. The maximum absolute atomic E-state index is 10.8. The van der Waals surface area contributed by atoms with Crippen LogP contribution >= 0.6 is 0 Å². The second-order valence-corrected chi connectivity index (χ2v) is 4.25. The molecule has 0 radical (unpaired) electrons. The van der Waals surface area contributed by atoms with Crippen molar-refractivity contribution in [3.8, 4) is 0 Å². The molecule has 0 fully saturated rings. The zero-order valence-corrected chi connectivity index (χ0v) is 9.87. The third-order valence-electron chi connectivity index (χ3n) is 3.04. The predicted octanol–water partition coefficient (Wildman–Crippen LogP) is 1.63.